The molecule has 0 aliphatic carbocycles. The zero-order valence-corrected chi connectivity index (χ0v) is 11.7. The predicted molar refractivity (Wildman–Crippen MR) is 78.0 cm³/mol. The van der Waals surface area contributed by atoms with Crippen molar-refractivity contribution in [2.45, 2.75) is 6.61 Å². The number of nitrogens with two attached hydrogens (primary N) is 1. The van der Waals surface area contributed by atoms with Gasteiger partial charge < -0.3 is 15.2 Å². The summed E-state index contributed by atoms with van der Waals surface area (Å²) in [6, 6.07) is 12.2. The van der Waals surface area contributed by atoms with Gasteiger partial charge in [0, 0.05) is 0 Å². The van der Waals surface area contributed by atoms with Gasteiger partial charge in [-0.05, 0) is 29.8 Å². The van der Waals surface area contributed by atoms with Gasteiger partial charge in [0.25, 0.3) is 0 Å². The van der Waals surface area contributed by atoms with Crippen molar-refractivity contribution in [1.29, 1.82) is 0 Å². The highest BCUT2D eigenvalue weighted by molar-refractivity contribution is 6.36. The first-order valence-corrected chi connectivity index (χ1v) is 6.33. The maximum Gasteiger partial charge on any atom is 0.340 e. The van der Waals surface area contributed by atoms with Crippen LogP contribution in [0.5, 0.6) is 5.75 Å². The second-order valence-corrected chi connectivity index (χ2v) is 4.51. The van der Waals surface area contributed by atoms with Gasteiger partial charge in [-0.1, -0.05) is 29.8 Å². The van der Waals surface area contributed by atoms with Crippen molar-refractivity contribution in [2.24, 2.45) is 0 Å². The molecule has 0 spiro atoms. The highest BCUT2D eigenvalue weighted by Gasteiger charge is 2.13. The Morgan fingerprint density at radius 1 is 1.25 bits per heavy atom. The van der Waals surface area contributed by atoms with Crippen molar-refractivity contribution < 1.29 is 14.3 Å². The van der Waals surface area contributed by atoms with Crippen LogP contribution in [0.2, 0.25) is 5.02 Å². The Bertz CT molecular complexity index is 628. The van der Waals surface area contributed by atoms with E-state index < -0.39 is 5.97 Å². The van der Waals surface area contributed by atoms with Gasteiger partial charge in [-0.15, -0.1) is 0 Å². The number of halogens is 1. The third-order valence-electron chi connectivity index (χ3n) is 2.75. The molecule has 0 heterocycles. The number of methoxy groups -OCH3 is 1. The van der Waals surface area contributed by atoms with E-state index in [9.17, 15) is 4.79 Å². The summed E-state index contributed by atoms with van der Waals surface area (Å²) >= 11 is 5.97. The van der Waals surface area contributed by atoms with E-state index in [1.54, 1.807) is 31.4 Å². The minimum Gasteiger partial charge on any atom is -0.497 e. The largest absolute Gasteiger partial charge is 0.497 e. The summed E-state index contributed by atoms with van der Waals surface area (Å²) in [7, 11) is 1.58. The zero-order chi connectivity index (χ0) is 14.5. The van der Waals surface area contributed by atoms with Gasteiger partial charge in [-0.3, -0.25) is 0 Å². The second-order valence-electron chi connectivity index (χ2n) is 4.14. The van der Waals surface area contributed by atoms with Gasteiger partial charge in [0.1, 0.15) is 12.4 Å². The van der Waals surface area contributed by atoms with Crippen LogP contribution < -0.4 is 10.5 Å². The van der Waals surface area contributed by atoms with E-state index in [1.165, 1.54) is 0 Å². The quantitative estimate of drug-likeness (QED) is 0.693. The van der Waals surface area contributed by atoms with Gasteiger partial charge >= 0.3 is 5.97 Å². The Kier molecular flexibility index (Phi) is 4.48. The highest BCUT2D eigenvalue weighted by atomic mass is 35.5. The van der Waals surface area contributed by atoms with Crippen LogP contribution >= 0.6 is 11.6 Å². The molecule has 0 aromatic heterocycles. The number of hydrogen-bond donors (Lipinski definition) is 1. The molecule has 2 aromatic rings. The van der Waals surface area contributed by atoms with Gasteiger partial charge in [-0.2, -0.15) is 0 Å². The van der Waals surface area contributed by atoms with Crippen LogP contribution in [0.25, 0.3) is 0 Å². The van der Waals surface area contributed by atoms with E-state index in [0.29, 0.717) is 11.4 Å². The van der Waals surface area contributed by atoms with Crippen molar-refractivity contribution >= 4 is 23.3 Å². The number of anilines is 1. The highest BCUT2D eigenvalue weighted by Crippen LogP contribution is 2.24. The first-order valence-electron chi connectivity index (χ1n) is 5.96. The van der Waals surface area contributed by atoms with Crippen LogP contribution in [-0.4, -0.2) is 13.1 Å². The Morgan fingerprint density at radius 2 is 2.00 bits per heavy atom. The minimum atomic E-state index is -0.509. The molecular formula is C15H14ClNO3. The maximum atomic E-state index is 12.0. The van der Waals surface area contributed by atoms with Crippen LogP contribution in [0.4, 0.5) is 5.69 Å². The van der Waals surface area contributed by atoms with Crippen molar-refractivity contribution in [3.8, 4) is 5.75 Å². The van der Waals surface area contributed by atoms with E-state index in [4.69, 9.17) is 26.8 Å². The SMILES string of the molecule is COc1cccc(COC(=O)c2cccc(N)c2Cl)c1. The summed E-state index contributed by atoms with van der Waals surface area (Å²) in [5.74, 6) is 0.200. The molecule has 0 aliphatic rings. The van der Waals surface area contributed by atoms with E-state index >= 15 is 0 Å². The normalized spacial score (nSPS) is 10.1. The monoisotopic (exact) mass is 291 g/mol. The van der Waals surface area contributed by atoms with Crippen molar-refractivity contribution in [1.82, 2.24) is 0 Å². The van der Waals surface area contributed by atoms with E-state index in [1.807, 2.05) is 18.2 Å². The molecule has 0 atom stereocenters. The van der Waals surface area contributed by atoms with Gasteiger partial charge in [0.2, 0.25) is 0 Å². The molecule has 104 valence electrons. The fourth-order valence-corrected chi connectivity index (χ4v) is 1.90. The van der Waals surface area contributed by atoms with Crippen LogP contribution in [0.3, 0.4) is 0 Å². The zero-order valence-electron chi connectivity index (χ0n) is 10.9. The van der Waals surface area contributed by atoms with Crippen LogP contribution in [0, 0.1) is 0 Å². The van der Waals surface area contributed by atoms with Gasteiger partial charge in [-0.25, -0.2) is 4.79 Å². The first kappa shape index (κ1) is 14.2. The van der Waals surface area contributed by atoms with E-state index in [-0.39, 0.29) is 17.2 Å². The molecule has 0 aliphatic heterocycles. The molecule has 5 heteroatoms. The summed E-state index contributed by atoms with van der Waals surface area (Å²) in [6.07, 6.45) is 0. The number of carbonyl (C=O) groups is 1. The lowest BCUT2D eigenvalue weighted by molar-refractivity contribution is 0.0472. The smallest absolute Gasteiger partial charge is 0.340 e. The lowest BCUT2D eigenvalue weighted by atomic mass is 10.2. The number of esters is 1. The molecule has 2 rings (SSSR count). The number of nitrogen functional groups attached to an aromatic ring is 1. The lowest BCUT2D eigenvalue weighted by Gasteiger charge is -2.08. The number of ether oxygens (including phenoxy) is 2. The average Bonchev–Trinajstić information content (AvgIpc) is 2.48. The standard InChI is InChI=1S/C15H14ClNO3/c1-19-11-5-2-4-10(8-11)9-20-15(18)12-6-3-7-13(17)14(12)16/h2-8H,9,17H2,1H3. The Labute approximate surface area is 122 Å². The molecule has 0 fully saturated rings. The number of benzene rings is 2. The number of carbonyl (C=O) groups excluding carboxylic acids is 1. The van der Waals surface area contributed by atoms with Gasteiger partial charge in [0.15, 0.2) is 0 Å². The molecule has 0 unspecified atom stereocenters. The number of hydrogen-bond acceptors (Lipinski definition) is 4. The third kappa shape index (κ3) is 3.22. The summed E-state index contributed by atoms with van der Waals surface area (Å²) in [6.45, 7) is 0.140. The lowest BCUT2D eigenvalue weighted by Crippen LogP contribution is -2.07. The van der Waals surface area contributed by atoms with Crippen LogP contribution in [0.15, 0.2) is 42.5 Å². The Balaban J connectivity index is 2.06. The van der Waals surface area contributed by atoms with Crippen molar-refractivity contribution in [2.75, 3.05) is 12.8 Å². The van der Waals surface area contributed by atoms with E-state index in [2.05, 4.69) is 0 Å². The molecule has 0 saturated carbocycles. The fraction of sp³-hybridized carbons (Fsp3) is 0.133. The third-order valence-corrected chi connectivity index (χ3v) is 3.17. The first-order chi connectivity index (χ1) is 9.61. The molecule has 2 N–H and O–H groups in total. The molecule has 0 bridgehead atoms. The predicted octanol–water partition coefficient (Wildman–Crippen LogP) is 3.29. The molecular weight excluding hydrogens is 278 g/mol. The maximum absolute atomic E-state index is 12.0. The van der Waals surface area contributed by atoms with Crippen LogP contribution in [-0.2, 0) is 11.3 Å². The number of rotatable bonds is 4. The Hall–Kier alpha value is -2.20. The molecule has 0 saturated heterocycles. The van der Waals surface area contributed by atoms with Crippen molar-refractivity contribution in [3.05, 3.63) is 58.6 Å². The molecule has 2 aromatic carbocycles. The average molecular weight is 292 g/mol. The topological polar surface area (TPSA) is 61.5 Å². The molecule has 20 heavy (non-hydrogen) atoms. The molecule has 4 nitrogen and oxygen atoms in total. The van der Waals surface area contributed by atoms with Gasteiger partial charge in [0.05, 0.1) is 23.4 Å². The Morgan fingerprint density at radius 3 is 2.75 bits per heavy atom. The fourth-order valence-electron chi connectivity index (χ4n) is 1.70. The molecule has 0 radical (unpaired) electrons. The second kappa shape index (κ2) is 6.30. The van der Waals surface area contributed by atoms with Crippen LogP contribution in [0.1, 0.15) is 15.9 Å². The van der Waals surface area contributed by atoms with Crippen molar-refractivity contribution in [3.63, 3.8) is 0 Å². The van der Waals surface area contributed by atoms with E-state index in [0.717, 1.165) is 5.56 Å². The summed E-state index contributed by atoms with van der Waals surface area (Å²) in [5, 5.41) is 0.211. The summed E-state index contributed by atoms with van der Waals surface area (Å²) in [5.41, 5.74) is 7.09. The molecule has 0 amide bonds. The minimum absolute atomic E-state index is 0.140. The summed E-state index contributed by atoms with van der Waals surface area (Å²) in [4.78, 5) is 12.0. The summed E-state index contributed by atoms with van der Waals surface area (Å²) < 4.78 is 10.3.